The van der Waals surface area contributed by atoms with Gasteiger partial charge in [-0.05, 0) is 43.8 Å². The molecule has 0 saturated heterocycles. The van der Waals surface area contributed by atoms with Crippen LogP contribution >= 0.6 is 23.2 Å². The summed E-state index contributed by atoms with van der Waals surface area (Å²) < 4.78 is 10.1. The topological polar surface area (TPSA) is 101 Å². The maximum Gasteiger partial charge on any atom is 0.411 e. The quantitative estimate of drug-likeness (QED) is 0.476. The van der Waals surface area contributed by atoms with Crippen LogP contribution in [0.2, 0.25) is 10.0 Å². The minimum absolute atomic E-state index is 0.0335. The number of benzene rings is 2. The molecule has 0 saturated carbocycles. The molecular weight excluding hydrogens is 457 g/mol. The molecule has 0 aliphatic heterocycles. The van der Waals surface area contributed by atoms with Gasteiger partial charge in [-0.15, -0.1) is 0 Å². The monoisotopic (exact) mass is 477 g/mol. The van der Waals surface area contributed by atoms with Crippen molar-refractivity contribution in [2.24, 2.45) is 0 Å². The number of hydrogen-bond donors (Lipinski definition) is 2. The number of para-hydroxylation sites is 1. The van der Waals surface area contributed by atoms with Crippen LogP contribution in [0.3, 0.4) is 0 Å². The predicted octanol–water partition coefficient (Wildman–Crippen LogP) is 4.74. The SMILES string of the molecule is CCOC(=O)Nc1ccc2c(CN(C)CC(=O)Nc3c(Cl)cccc3Cl)cc(=O)oc2c1. The first kappa shape index (κ1) is 23.6. The van der Waals surface area contributed by atoms with E-state index in [9.17, 15) is 14.4 Å². The van der Waals surface area contributed by atoms with Crippen molar-refractivity contribution in [3.8, 4) is 0 Å². The lowest BCUT2D eigenvalue weighted by atomic mass is 10.1. The van der Waals surface area contributed by atoms with Crippen LogP contribution in [0.1, 0.15) is 12.5 Å². The van der Waals surface area contributed by atoms with Crippen LogP contribution in [0, 0.1) is 0 Å². The zero-order valence-corrected chi connectivity index (χ0v) is 18.9. The number of anilines is 2. The lowest BCUT2D eigenvalue weighted by Gasteiger charge is -2.18. The average molecular weight is 478 g/mol. The van der Waals surface area contributed by atoms with E-state index in [4.69, 9.17) is 32.4 Å². The lowest BCUT2D eigenvalue weighted by molar-refractivity contribution is -0.117. The van der Waals surface area contributed by atoms with E-state index in [0.717, 1.165) is 0 Å². The molecule has 3 aromatic rings. The van der Waals surface area contributed by atoms with Gasteiger partial charge in [0.25, 0.3) is 0 Å². The summed E-state index contributed by atoms with van der Waals surface area (Å²) in [6, 6.07) is 11.3. The number of carbonyl (C=O) groups is 2. The Balaban J connectivity index is 1.73. The summed E-state index contributed by atoms with van der Waals surface area (Å²) in [4.78, 5) is 37.9. The highest BCUT2D eigenvalue weighted by atomic mass is 35.5. The highest BCUT2D eigenvalue weighted by Gasteiger charge is 2.14. The first-order chi connectivity index (χ1) is 15.3. The zero-order valence-electron chi connectivity index (χ0n) is 17.4. The molecule has 0 bridgehead atoms. The Kier molecular flexibility index (Phi) is 7.74. The first-order valence-electron chi connectivity index (χ1n) is 9.69. The van der Waals surface area contributed by atoms with Crippen molar-refractivity contribution < 1.29 is 18.7 Å². The second-order valence-corrected chi connectivity index (χ2v) is 7.78. The Morgan fingerprint density at radius 2 is 1.81 bits per heavy atom. The summed E-state index contributed by atoms with van der Waals surface area (Å²) >= 11 is 12.2. The molecule has 10 heteroatoms. The fourth-order valence-corrected chi connectivity index (χ4v) is 3.60. The van der Waals surface area contributed by atoms with Crippen molar-refractivity contribution in [2.75, 3.05) is 30.8 Å². The molecule has 1 heterocycles. The summed E-state index contributed by atoms with van der Waals surface area (Å²) in [5.74, 6) is -0.310. The summed E-state index contributed by atoms with van der Waals surface area (Å²) in [5.41, 5.74) is 1.22. The maximum absolute atomic E-state index is 12.4. The minimum Gasteiger partial charge on any atom is -0.450 e. The highest BCUT2D eigenvalue weighted by Crippen LogP contribution is 2.29. The number of rotatable bonds is 7. The van der Waals surface area contributed by atoms with Crippen LogP contribution in [0.4, 0.5) is 16.2 Å². The van der Waals surface area contributed by atoms with E-state index >= 15 is 0 Å². The van der Waals surface area contributed by atoms with Gasteiger partial charge in [0.05, 0.1) is 28.9 Å². The van der Waals surface area contributed by atoms with E-state index in [2.05, 4.69) is 10.6 Å². The standard InChI is InChI=1S/C22H21Cl2N3O5/c1-3-31-22(30)25-14-7-8-15-13(9-20(29)32-18(15)10-14)11-27(2)12-19(28)26-21-16(23)5-4-6-17(21)24/h4-10H,3,11-12H2,1-2H3,(H,25,30)(H,26,28). The van der Waals surface area contributed by atoms with Crippen LogP contribution in [0.5, 0.6) is 0 Å². The third kappa shape index (κ3) is 6.00. The molecule has 0 unspecified atom stereocenters. The van der Waals surface area contributed by atoms with E-state index in [0.29, 0.717) is 44.5 Å². The predicted molar refractivity (Wildman–Crippen MR) is 125 cm³/mol. The molecule has 0 atom stereocenters. The normalized spacial score (nSPS) is 10.9. The van der Waals surface area contributed by atoms with Crippen molar-refractivity contribution in [1.82, 2.24) is 4.90 Å². The van der Waals surface area contributed by atoms with Crippen molar-refractivity contribution in [1.29, 1.82) is 0 Å². The number of halogens is 2. The second-order valence-electron chi connectivity index (χ2n) is 6.96. The fourth-order valence-electron chi connectivity index (χ4n) is 3.11. The minimum atomic E-state index is -0.602. The van der Waals surface area contributed by atoms with Crippen molar-refractivity contribution in [2.45, 2.75) is 13.5 Å². The van der Waals surface area contributed by atoms with Crippen LogP contribution in [-0.2, 0) is 16.1 Å². The van der Waals surface area contributed by atoms with Crippen LogP contribution in [0.25, 0.3) is 11.0 Å². The number of hydrogen-bond acceptors (Lipinski definition) is 6. The lowest BCUT2D eigenvalue weighted by Crippen LogP contribution is -2.30. The van der Waals surface area contributed by atoms with E-state index in [-0.39, 0.29) is 19.1 Å². The highest BCUT2D eigenvalue weighted by molar-refractivity contribution is 6.39. The Morgan fingerprint density at radius 3 is 2.50 bits per heavy atom. The van der Waals surface area contributed by atoms with Gasteiger partial charge in [0.15, 0.2) is 0 Å². The molecule has 2 aromatic carbocycles. The molecule has 1 aromatic heterocycles. The smallest absolute Gasteiger partial charge is 0.411 e. The third-order valence-electron chi connectivity index (χ3n) is 4.43. The fraction of sp³-hybridized carbons (Fsp3) is 0.227. The summed E-state index contributed by atoms with van der Waals surface area (Å²) in [5, 5.41) is 6.63. The number of likely N-dealkylation sites (N-methyl/N-ethyl adjacent to an activating group) is 1. The molecule has 0 aliphatic carbocycles. The first-order valence-corrected chi connectivity index (χ1v) is 10.5. The molecule has 0 spiro atoms. The molecule has 168 valence electrons. The molecule has 3 rings (SSSR count). The van der Waals surface area contributed by atoms with Crippen LogP contribution < -0.4 is 16.3 Å². The van der Waals surface area contributed by atoms with Gasteiger partial charge in [-0.3, -0.25) is 15.0 Å². The van der Waals surface area contributed by atoms with Crippen molar-refractivity contribution >= 4 is 57.5 Å². The van der Waals surface area contributed by atoms with Gasteiger partial charge in [0.2, 0.25) is 5.91 Å². The molecule has 0 aliphatic rings. The molecule has 8 nitrogen and oxygen atoms in total. The molecule has 0 fully saturated rings. The van der Waals surface area contributed by atoms with Gasteiger partial charge in [0, 0.05) is 29.8 Å². The second kappa shape index (κ2) is 10.5. The zero-order chi connectivity index (χ0) is 23.3. The number of nitrogens with zero attached hydrogens (tertiary/aromatic N) is 1. The Hall–Kier alpha value is -3.07. The van der Waals surface area contributed by atoms with Gasteiger partial charge in [-0.1, -0.05) is 29.3 Å². The molecule has 2 N–H and O–H groups in total. The number of ether oxygens (including phenoxy) is 1. The van der Waals surface area contributed by atoms with Gasteiger partial charge in [-0.25, -0.2) is 9.59 Å². The largest absolute Gasteiger partial charge is 0.450 e. The van der Waals surface area contributed by atoms with E-state index in [1.165, 1.54) is 6.07 Å². The van der Waals surface area contributed by atoms with Crippen LogP contribution in [0.15, 0.2) is 51.7 Å². The number of amides is 2. The van der Waals surface area contributed by atoms with Crippen molar-refractivity contribution in [3.63, 3.8) is 0 Å². The van der Waals surface area contributed by atoms with E-state index in [1.54, 1.807) is 55.3 Å². The third-order valence-corrected chi connectivity index (χ3v) is 5.06. The molecular formula is C22H21Cl2N3O5. The van der Waals surface area contributed by atoms with Gasteiger partial charge < -0.3 is 14.5 Å². The van der Waals surface area contributed by atoms with Crippen molar-refractivity contribution in [3.05, 3.63) is 68.5 Å². The van der Waals surface area contributed by atoms with E-state index < -0.39 is 11.7 Å². The molecule has 2 amide bonds. The Bertz CT molecular complexity index is 1190. The van der Waals surface area contributed by atoms with Gasteiger partial charge in [0.1, 0.15) is 5.58 Å². The number of fused-ring (bicyclic) bond motifs is 1. The summed E-state index contributed by atoms with van der Waals surface area (Å²) in [6.07, 6.45) is -0.602. The Labute approximate surface area is 194 Å². The summed E-state index contributed by atoms with van der Waals surface area (Å²) in [7, 11) is 1.74. The van der Waals surface area contributed by atoms with E-state index in [1.807, 2.05) is 0 Å². The number of nitrogens with one attached hydrogen (secondary N) is 2. The average Bonchev–Trinajstić information content (AvgIpc) is 2.70. The van der Waals surface area contributed by atoms with Crippen LogP contribution in [-0.4, -0.2) is 37.1 Å². The van der Waals surface area contributed by atoms with Gasteiger partial charge in [-0.2, -0.15) is 0 Å². The Morgan fingerprint density at radius 1 is 1.09 bits per heavy atom. The van der Waals surface area contributed by atoms with Gasteiger partial charge >= 0.3 is 11.7 Å². The maximum atomic E-state index is 12.4. The number of carbonyl (C=O) groups excluding carboxylic acids is 2. The molecule has 32 heavy (non-hydrogen) atoms. The summed E-state index contributed by atoms with van der Waals surface area (Å²) in [6.45, 7) is 2.27. The molecule has 0 radical (unpaired) electrons.